The zero-order chi connectivity index (χ0) is 18.3. The van der Waals surface area contributed by atoms with Gasteiger partial charge in [0, 0.05) is 11.1 Å². The maximum Gasteiger partial charge on any atom is 0.180 e. The van der Waals surface area contributed by atoms with Crippen LogP contribution in [0, 0.1) is 13.8 Å². The van der Waals surface area contributed by atoms with Crippen molar-refractivity contribution in [1.29, 1.82) is 0 Å². The molecule has 0 saturated carbocycles. The Balaban J connectivity index is 0.000000240. The van der Waals surface area contributed by atoms with Gasteiger partial charge in [0.15, 0.2) is 11.6 Å². The van der Waals surface area contributed by atoms with E-state index in [1.165, 1.54) is 0 Å². The van der Waals surface area contributed by atoms with Crippen molar-refractivity contribution < 1.29 is 9.59 Å². The molecule has 24 heavy (non-hydrogen) atoms. The molecule has 0 spiro atoms. The van der Waals surface area contributed by atoms with Gasteiger partial charge in [-0.15, -0.1) is 23.2 Å². The lowest BCUT2D eigenvalue weighted by atomic mass is 10.1. The van der Waals surface area contributed by atoms with E-state index in [1.807, 2.05) is 38.1 Å². The van der Waals surface area contributed by atoms with Gasteiger partial charge in [-0.25, -0.2) is 0 Å². The summed E-state index contributed by atoms with van der Waals surface area (Å²) in [5, 5.41) is -0.875. The molecule has 2 atom stereocenters. The fraction of sp³-hybridized carbons (Fsp3) is 0.300. The predicted molar refractivity (Wildman–Crippen MR) is 102 cm³/mol. The lowest BCUT2D eigenvalue weighted by molar-refractivity contribution is 0.0984. The monoisotopic (exact) mass is 364 g/mol. The summed E-state index contributed by atoms with van der Waals surface area (Å²) in [6.45, 7) is 7.34. The summed E-state index contributed by atoms with van der Waals surface area (Å²) < 4.78 is 0. The molecular formula is C20H22Cl2O2. The highest BCUT2D eigenvalue weighted by molar-refractivity contribution is 6.34. The Morgan fingerprint density at radius 3 is 1.12 bits per heavy atom. The second-order valence-electron chi connectivity index (χ2n) is 5.69. The Labute approximate surface area is 153 Å². The Morgan fingerprint density at radius 1 is 0.667 bits per heavy atom. The molecular weight excluding hydrogens is 343 g/mol. The summed E-state index contributed by atoms with van der Waals surface area (Å²) in [5.74, 6) is -0.0340. The van der Waals surface area contributed by atoms with Crippen molar-refractivity contribution in [2.24, 2.45) is 0 Å². The van der Waals surface area contributed by atoms with Crippen LogP contribution in [0.1, 0.15) is 45.7 Å². The summed E-state index contributed by atoms with van der Waals surface area (Å²) in [4.78, 5) is 22.6. The molecule has 2 nitrogen and oxygen atoms in total. The van der Waals surface area contributed by atoms with Gasteiger partial charge in [0.25, 0.3) is 0 Å². The average Bonchev–Trinajstić information content (AvgIpc) is 2.55. The Kier molecular flexibility index (Phi) is 8.17. The first-order chi connectivity index (χ1) is 11.2. The minimum atomic E-state index is -0.437. The van der Waals surface area contributed by atoms with Crippen LogP contribution in [0.4, 0.5) is 0 Å². The summed E-state index contributed by atoms with van der Waals surface area (Å²) in [6.07, 6.45) is 0. The maximum absolute atomic E-state index is 11.3. The van der Waals surface area contributed by atoms with Crippen molar-refractivity contribution in [3.63, 3.8) is 0 Å². The van der Waals surface area contributed by atoms with Gasteiger partial charge >= 0.3 is 0 Å². The van der Waals surface area contributed by atoms with E-state index < -0.39 is 10.8 Å². The first-order valence-electron chi connectivity index (χ1n) is 7.72. The van der Waals surface area contributed by atoms with E-state index in [0.29, 0.717) is 11.1 Å². The standard InChI is InChI=1S/2C10H11ClO/c2*1-7-3-5-9(6-4-7)10(12)8(2)11/h2*3-6,8H,1-2H3. The minimum Gasteiger partial charge on any atom is -0.293 e. The predicted octanol–water partition coefficient (Wildman–Crippen LogP) is 5.61. The van der Waals surface area contributed by atoms with Crippen LogP contribution in [0.25, 0.3) is 0 Å². The molecule has 0 aliphatic rings. The van der Waals surface area contributed by atoms with Crippen LogP contribution >= 0.6 is 23.2 Å². The number of aryl methyl sites for hydroxylation is 2. The van der Waals surface area contributed by atoms with Crippen molar-refractivity contribution in [1.82, 2.24) is 0 Å². The van der Waals surface area contributed by atoms with Gasteiger partial charge in [-0.2, -0.15) is 0 Å². The van der Waals surface area contributed by atoms with Crippen LogP contribution < -0.4 is 0 Å². The Hall–Kier alpha value is -1.64. The number of Topliss-reactive ketones (excluding diaryl/α,β-unsaturated/α-hetero) is 2. The SMILES string of the molecule is Cc1ccc(C(=O)C(C)Cl)cc1.Cc1ccc(C(=O)C(C)Cl)cc1. The zero-order valence-electron chi connectivity index (χ0n) is 14.3. The van der Waals surface area contributed by atoms with E-state index in [4.69, 9.17) is 23.2 Å². The Morgan fingerprint density at radius 2 is 0.917 bits per heavy atom. The minimum absolute atomic E-state index is 0.0170. The largest absolute Gasteiger partial charge is 0.293 e. The van der Waals surface area contributed by atoms with Gasteiger partial charge < -0.3 is 0 Å². The molecule has 2 aromatic rings. The molecule has 128 valence electrons. The summed E-state index contributed by atoms with van der Waals surface area (Å²) in [5.41, 5.74) is 3.66. The third kappa shape index (κ3) is 6.46. The number of halogens is 2. The highest BCUT2D eigenvalue weighted by Gasteiger charge is 2.11. The van der Waals surface area contributed by atoms with E-state index in [2.05, 4.69) is 0 Å². The van der Waals surface area contributed by atoms with Crippen molar-refractivity contribution >= 4 is 34.8 Å². The van der Waals surface area contributed by atoms with Crippen LogP contribution in [0.15, 0.2) is 48.5 Å². The molecule has 0 amide bonds. The van der Waals surface area contributed by atoms with Crippen LogP contribution in [-0.4, -0.2) is 22.3 Å². The van der Waals surface area contributed by atoms with Crippen molar-refractivity contribution in [3.8, 4) is 0 Å². The zero-order valence-corrected chi connectivity index (χ0v) is 15.9. The normalized spacial score (nSPS) is 12.6. The summed E-state index contributed by atoms with van der Waals surface area (Å²) in [6, 6.07) is 14.8. The molecule has 0 radical (unpaired) electrons. The quantitative estimate of drug-likeness (QED) is 0.521. The third-order valence-electron chi connectivity index (χ3n) is 3.39. The van der Waals surface area contributed by atoms with Gasteiger partial charge in [0.05, 0.1) is 10.8 Å². The van der Waals surface area contributed by atoms with E-state index in [9.17, 15) is 9.59 Å². The smallest absolute Gasteiger partial charge is 0.180 e. The molecule has 2 rings (SSSR count). The highest BCUT2D eigenvalue weighted by Crippen LogP contribution is 2.10. The number of benzene rings is 2. The molecule has 0 N–H and O–H groups in total. The number of alkyl halides is 2. The molecule has 0 aliphatic heterocycles. The second-order valence-corrected chi connectivity index (χ2v) is 7.00. The van der Waals surface area contributed by atoms with Crippen LogP contribution in [0.3, 0.4) is 0 Å². The molecule has 2 aromatic carbocycles. The molecule has 4 heteroatoms. The van der Waals surface area contributed by atoms with Crippen molar-refractivity contribution in [3.05, 3.63) is 70.8 Å². The van der Waals surface area contributed by atoms with Gasteiger partial charge in [-0.3, -0.25) is 9.59 Å². The number of rotatable bonds is 4. The maximum atomic E-state index is 11.3. The molecule has 0 saturated heterocycles. The summed E-state index contributed by atoms with van der Waals surface area (Å²) in [7, 11) is 0. The van der Waals surface area contributed by atoms with Gasteiger partial charge in [-0.1, -0.05) is 59.7 Å². The fourth-order valence-corrected chi connectivity index (χ4v) is 2.15. The first-order valence-corrected chi connectivity index (χ1v) is 8.59. The fourth-order valence-electron chi connectivity index (χ4n) is 1.89. The van der Waals surface area contributed by atoms with Gasteiger partial charge in [-0.05, 0) is 27.7 Å². The van der Waals surface area contributed by atoms with E-state index >= 15 is 0 Å². The van der Waals surface area contributed by atoms with Gasteiger partial charge in [0.1, 0.15) is 0 Å². The topological polar surface area (TPSA) is 34.1 Å². The number of carbonyl (C=O) groups is 2. The number of hydrogen-bond donors (Lipinski definition) is 0. The summed E-state index contributed by atoms with van der Waals surface area (Å²) >= 11 is 11.3. The molecule has 2 unspecified atom stereocenters. The first kappa shape index (κ1) is 20.4. The van der Waals surface area contributed by atoms with E-state index in [1.54, 1.807) is 38.1 Å². The molecule has 0 aromatic heterocycles. The van der Waals surface area contributed by atoms with Crippen molar-refractivity contribution in [2.45, 2.75) is 38.4 Å². The number of ketones is 2. The van der Waals surface area contributed by atoms with Crippen LogP contribution in [-0.2, 0) is 0 Å². The van der Waals surface area contributed by atoms with Crippen LogP contribution in [0.2, 0.25) is 0 Å². The Bertz CT molecular complexity index is 610. The third-order valence-corrected chi connectivity index (χ3v) is 3.79. The number of carbonyl (C=O) groups excluding carboxylic acids is 2. The molecule has 0 bridgehead atoms. The highest BCUT2D eigenvalue weighted by atomic mass is 35.5. The average molecular weight is 365 g/mol. The van der Waals surface area contributed by atoms with Crippen LogP contribution in [0.5, 0.6) is 0 Å². The molecule has 0 fully saturated rings. The van der Waals surface area contributed by atoms with Crippen molar-refractivity contribution in [2.75, 3.05) is 0 Å². The lowest BCUT2D eigenvalue weighted by Gasteiger charge is -2.01. The number of hydrogen-bond acceptors (Lipinski definition) is 2. The van der Waals surface area contributed by atoms with E-state index in [-0.39, 0.29) is 11.6 Å². The van der Waals surface area contributed by atoms with Gasteiger partial charge in [0.2, 0.25) is 0 Å². The van der Waals surface area contributed by atoms with E-state index in [0.717, 1.165) is 11.1 Å². The second kappa shape index (κ2) is 9.61. The molecule has 0 aliphatic carbocycles. The lowest BCUT2D eigenvalue weighted by Crippen LogP contribution is -2.09. The molecule has 0 heterocycles.